The summed E-state index contributed by atoms with van der Waals surface area (Å²) in [5.41, 5.74) is 6.94. The maximum Gasteiger partial charge on any atom is 0.225 e. The van der Waals surface area contributed by atoms with Crippen molar-refractivity contribution in [3.63, 3.8) is 0 Å². The molecule has 0 radical (unpaired) electrons. The van der Waals surface area contributed by atoms with Gasteiger partial charge in [0, 0.05) is 30.3 Å². The Kier molecular flexibility index (Phi) is 6.01. The number of hydrogen-bond acceptors (Lipinski definition) is 4. The second-order valence-corrected chi connectivity index (χ2v) is 6.50. The first-order valence-corrected chi connectivity index (χ1v) is 8.33. The number of nitrogens with two attached hydrogens (primary N) is 1. The average Bonchev–Trinajstić information content (AvgIpc) is 2.68. The van der Waals surface area contributed by atoms with Crippen LogP contribution in [0, 0.1) is 0 Å². The first kappa shape index (κ1) is 15.5. The highest BCUT2D eigenvalue weighted by molar-refractivity contribution is 7.99. The van der Waals surface area contributed by atoms with Crippen LogP contribution in [0.3, 0.4) is 0 Å². The van der Waals surface area contributed by atoms with Crippen LogP contribution in [-0.4, -0.2) is 41.9 Å². The van der Waals surface area contributed by atoms with Crippen molar-refractivity contribution < 1.29 is 4.79 Å². The molecule has 0 bridgehead atoms. The molecular weight excluding hydrogens is 294 g/mol. The van der Waals surface area contributed by atoms with Crippen molar-refractivity contribution in [3.05, 3.63) is 23.2 Å². The van der Waals surface area contributed by atoms with E-state index in [0.29, 0.717) is 22.8 Å². The van der Waals surface area contributed by atoms with Crippen LogP contribution in [0.5, 0.6) is 0 Å². The summed E-state index contributed by atoms with van der Waals surface area (Å²) in [6.07, 6.45) is 1.70. The third kappa shape index (κ3) is 4.89. The minimum absolute atomic E-state index is 0.00378. The van der Waals surface area contributed by atoms with Gasteiger partial charge in [0.25, 0.3) is 0 Å². The van der Waals surface area contributed by atoms with Crippen molar-refractivity contribution in [2.75, 3.05) is 42.2 Å². The molecule has 20 heavy (non-hydrogen) atoms. The van der Waals surface area contributed by atoms with Crippen LogP contribution < -0.4 is 11.1 Å². The van der Waals surface area contributed by atoms with Gasteiger partial charge in [-0.05, 0) is 36.9 Å². The van der Waals surface area contributed by atoms with E-state index in [4.69, 9.17) is 17.3 Å². The van der Waals surface area contributed by atoms with Crippen LogP contribution in [0.4, 0.5) is 11.4 Å². The predicted molar refractivity (Wildman–Crippen MR) is 87.5 cm³/mol. The fraction of sp³-hybridized carbons (Fsp3) is 0.500. The molecule has 0 aliphatic carbocycles. The molecule has 0 aromatic heterocycles. The number of nitrogens with zero attached hydrogens (tertiary/aromatic N) is 1. The zero-order valence-electron chi connectivity index (χ0n) is 11.4. The molecule has 3 N–H and O–H groups in total. The van der Waals surface area contributed by atoms with E-state index < -0.39 is 0 Å². The van der Waals surface area contributed by atoms with Gasteiger partial charge in [-0.3, -0.25) is 4.79 Å². The van der Waals surface area contributed by atoms with E-state index >= 15 is 0 Å². The van der Waals surface area contributed by atoms with E-state index in [9.17, 15) is 4.79 Å². The normalized spacial score (nSPS) is 16.6. The van der Waals surface area contributed by atoms with Crippen LogP contribution in [0.25, 0.3) is 0 Å². The van der Waals surface area contributed by atoms with E-state index in [1.165, 1.54) is 12.2 Å². The fourth-order valence-corrected chi connectivity index (χ4v) is 3.25. The Morgan fingerprint density at radius 1 is 1.40 bits per heavy atom. The Labute approximate surface area is 129 Å². The van der Waals surface area contributed by atoms with Crippen LogP contribution in [0.1, 0.15) is 12.8 Å². The van der Waals surface area contributed by atoms with Gasteiger partial charge < -0.3 is 16.0 Å². The molecule has 0 unspecified atom stereocenters. The lowest BCUT2D eigenvalue weighted by Gasteiger charge is -2.19. The molecule has 1 amide bonds. The number of nitrogen functional groups attached to an aromatic ring is 1. The van der Waals surface area contributed by atoms with Gasteiger partial charge in [0.1, 0.15) is 0 Å². The van der Waals surface area contributed by atoms with Gasteiger partial charge in [-0.25, -0.2) is 0 Å². The van der Waals surface area contributed by atoms with Crippen molar-refractivity contribution in [2.24, 2.45) is 0 Å². The molecule has 0 atom stereocenters. The SMILES string of the molecule is Nc1cc(Cl)ccc1NC(=O)CCN1CCCSCC1. The molecule has 6 heteroatoms. The van der Waals surface area contributed by atoms with Crippen molar-refractivity contribution >= 4 is 40.6 Å². The Morgan fingerprint density at radius 3 is 3.05 bits per heavy atom. The Balaban J connectivity index is 1.79. The molecule has 4 nitrogen and oxygen atoms in total. The minimum Gasteiger partial charge on any atom is -0.397 e. The number of halogens is 1. The second-order valence-electron chi connectivity index (χ2n) is 4.84. The molecule has 1 fully saturated rings. The smallest absolute Gasteiger partial charge is 0.225 e. The number of carbonyl (C=O) groups is 1. The van der Waals surface area contributed by atoms with Crippen LogP contribution >= 0.6 is 23.4 Å². The lowest BCUT2D eigenvalue weighted by atomic mass is 10.2. The van der Waals surface area contributed by atoms with Crippen molar-refractivity contribution in [1.82, 2.24) is 4.90 Å². The van der Waals surface area contributed by atoms with Gasteiger partial charge in [-0.1, -0.05) is 11.6 Å². The maximum absolute atomic E-state index is 11.9. The summed E-state index contributed by atoms with van der Waals surface area (Å²) in [7, 11) is 0. The molecule has 1 aromatic carbocycles. The predicted octanol–water partition coefficient (Wildman–Crippen LogP) is 2.69. The zero-order chi connectivity index (χ0) is 14.4. The van der Waals surface area contributed by atoms with E-state index in [1.54, 1.807) is 18.2 Å². The fourth-order valence-electron chi connectivity index (χ4n) is 2.14. The first-order valence-electron chi connectivity index (χ1n) is 6.80. The van der Waals surface area contributed by atoms with Gasteiger partial charge in [0.15, 0.2) is 0 Å². The molecule has 0 saturated carbocycles. The summed E-state index contributed by atoms with van der Waals surface area (Å²) in [6.45, 7) is 2.96. The zero-order valence-corrected chi connectivity index (χ0v) is 13.0. The molecule has 1 aliphatic rings. The Morgan fingerprint density at radius 2 is 2.25 bits per heavy atom. The summed E-state index contributed by atoms with van der Waals surface area (Å²) in [5, 5.41) is 3.41. The Bertz CT molecular complexity index is 462. The molecule has 0 spiro atoms. The van der Waals surface area contributed by atoms with Crippen LogP contribution in [0.2, 0.25) is 5.02 Å². The monoisotopic (exact) mass is 313 g/mol. The molecule has 110 valence electrons. The standard InChI is InChI=1S/C14H20ClN3OS/c15-11-2-3-13(12(16)10-11)17-14(19)4-6-18-5-1-8-20-9-7-18/h2-3,10H,1,4-9,16H2,(H,17,19). The number of nitrogens with one attached hydrogen (secondary N) is 1. The highest BCUT2D eigenvalue weighted by atomic mass is 35.5. The third-order valence-electron chi connectivity index (χ3n) is 3.26. The van der Waals surface area contributed by atoms with E-state index in [2.05, 4.69) is 10.2 Å². The second kappa shape index (κ2) is 7.76. The minimum atomic E-state index is -0.00378. The largest absolute Gasteiger partial charge is 0.397 e. The van der Waals surface area contributed by atoms with E-state index in [-0.39, 0.29) is 5.91 Å². The third-order valence-corrected chi connectivity index (χ3v) is 4.54. The lowest BCUT2D eigenvalue weighted by Crippen LogP contribution is -2.29. The van der Waals surface area contributed by atoms with Crippen molar-refractivity contribution in [2.45, 2.75) is 12.8 Å². The lowest BCUT2D eigenvalue weighted by molar-refractivity contribution is -0.116. The topological polar surface area (TPSA) is 58.4 Å². The molecule has 1 saturated heterocycles. The van der Waals surface area contributed by atoms with Crippen LogP contribution in [-0.2, 0) is 4.79 Å². The number of amides is 1. The summed E-state index contributed by atoms with van der Waals surface area (Å²) in [5.74, 6) is 2.38. The number of carbonyl (C=O) groups excluding carboxylic acids is 1. The van der Waals surface area contributed by atoms with Gasteiger partial charge in [-0.2, -0.15) is 11.8 Å². The molecule has 1 aromatic rings. The average molecular weight is 314 g/mol. The number of thioether (sulfide) groups is 1. The van der Waals surface area contributed by atoms with Gasteiger partial charge in [0.2, 0.25) is 5.91 Å². The van der Waals surface area contributed by atoms with Gasteiger partial charge in [0.05, 0.1) is 11.4 Å². The maximum atomic E-state index is 11.9. The van der Waals surface area contributed by atoms with Gasteiger partial charge >= 0.3 is 0 Å². The number of benzene rings is 1. The summed E-state index contributed by atoms with van der Waals surface area (Å²) in [4.78, 5) is 14.3. The molecule has 1 aliphatic heterocycles. The Hall–Kier alpha value is -0.910. The van der Waals surface area contributed by atoms with Gasteiger partial charge in [-0.15, -0.1) is 0 Å². The molecule has 1 heterocycles. The summed E-state index contributed by atoms with van der Waals surface area (Å²) >= 11 is 7.82. The quantitative estimate of drug-likeness (QED) is 0.839. The number of hydrogen-bond donors (Lipinski definition) is 2. The summed E-state index contributed by atoms with van der Waals surface area (Å²) in [6, 6.07) is 5.10. The number of rotatable bonds is 4. The highest BCUT2D eigenvalue weighted by Gasteiger charge is 2.11. The number of anilines is 2. The highest BCUT2D eigenvalue weighted by Crippen LogP contribution is 2.22. The van der Waals surface area contributed by atoms with E-state index in [1.807, 2.05) is 11.8 Å². The van der Waals surface area contributed by atoms with Crippen molar-refractivity contribution in [3.8, 4) is 0 Å². The molecular formula is C14H20ClN3OS. The van der Waals surface area contributed by atoms with Crippen molar-refractivity contribution in [1.29, 1.82) is 0 Å². The van der Waals surface area contributed by atoms with Crippen LogP contribution in [0.15, 0.2) is 18.2 Å². The van der Waals surface area contributed by atoms with E-state index in [0.717, 1.165) is 25.4 Å². The first-order chi connectivity index (χ1) is 9.65. The molecule has 2 rings (SSSR count). The summed E-state index contributed by atoms with van der Waals surface area (Å²) < 4.78 is 0.